The number of rotatable bonds is 0. The third-order valence-corrected chi connectivity index (χ3v) is 0. The smallest absolute Gasteiger partial charge is 0.857 e. The maximum absolute atomic E-state index is 8.25. The molecule has 0 atom stereocenters. The van der Waals surface area contributed by atoms with Crippen molar-refractivity contribution >= 4 is 0 Å². The predicted octanol–water partition coefficient (Wildman–Crippen LogP) is -2.05. The fourth-order valence-corrected chi connectivity index (χ4v) is 0. The van der Waals surface area contributed by atoms with E-state index in [4.69, 9.17) is 10.2 Å². The molecule has 0 unspecified atom stereocenters. The van der Waals surface area contributed by atoms with Crippen molar-refractivity contribution < 1.29 is 31.9 Å². The quantitative estimate of drug-likeness (QED) is 0.337. The molecule has 0 N–H and O–H groups in total. The van der Waals surface area contributed by atoms with Gasteiger partial charge in [0.05, 0.1) is 0 Å². The summed E-state index contributed by atoms with van der Waals surface area (Å²) in [5, 5.41) is 16.5. The summed E-state index contributed by atoms with van der Waals surface area (Å²) in [4.78, 5) is 0. The van der Waals surface area contributed by atoms with Gasteiger partial charge in [0.15, 0.2) is 0 Å². The Balaban J connectivity index is -0.0000000133. The molecular weight excluding hydrogens is 104 g/mol. The summed E-state index contributed by atoms with van der Waals surface area (Å²) < 4.78 is 0. The Kier molecular flexibility index (Phi) is 531. The monoisotopic (exact) mass is 110 g/mol. The van der Waals surface area contributed by atoms with Crippen LogP contribution in [-0.4, -0.2) is 14.2 Å². The molecule has 0 aromatic carbocycles. The van der Waals surface area contributed by atoms with E-state index in [0.29, 0.717) is 0 Å². The van der Waals surface area contributed by atoms with Crippen LogP contribution in [0.1, 0.15) is 0 Å². The standard InChI is InChI=1S/2CH3O.Ti/c2*1-2;/h2*1H3;/q2*-1;+2. The van der Waals surface area contributed by atoms with E-state index in [1.165, 1.54) is 0 Å². The van der Waals surface area contributed by atoms with Crippen LogP contribution in [0.5, 0.6) is 0 Å². The van der Waals surface area contributed by atoms with Crippen LogP contribution in [0, 0.1) is 0 Å². The fraction of sp³-hybridized carbons (Fsp3) is 1.00. The van der Waals surface area contributed by atoms with Gasteiger partial charge in [-0.3, -0.25) is 0 Å². The van der Waals surface area contributed by atoms with E-state index in [-0.39, 0.29) is 21.7 Å². The van der Waals surface area contributed by atoms with E-state index in [2.05, 4.69) is 0 Å². The zero-order valence-electron chi connectivity index (χ0n) is 3.32. The Morgan fingerprint density at radius 1 is 0.800 bits per heavy atom. The minimum Gasteiger partial charge on any atom is -0.857 e. The molecule has 5 heavy (non-hydrogen) atoms. The van der Waals surface area contributed by atoms with Gasteiger partial charge in [-0.2, -0.15) is 14.2 Å². The van der Waals surface area contributed by atoms with E-state index >= 15 is 0 Å². The van der Waals surface area contributed by atoms with Crippen LogP contribution < -0.4 is 10.2 Å². The Morgan fingerprint density at radius 3 is 0.800 bits per heavy atom. The molecule has 0 heterocycles. The van der Waals surface area contributed by atoms with Gasteiger partial charge in [-0.05, 0) is 0 Å². The van der Waals surface area contributed by atoms with E-state index in [9.17, 15) is 0 Å². The van der Waals surface area contributed by atoms with Crippen LogP contribution >= 0.6 is 0 Å². The second-order valence-corrected chi connectivity index (χ2v) is 0. The molecule has 2 nitrogen and oxygen atoms in total. The van der Waals surface area contributed by atoms with Crippen LogP contribution in [0.3, 0.4) is 0 Å². The van der Waals surface area contributed by atoms with Crippen molar-refractivity contribution in [2.24, 2.45) is 0 Å². The van der Waals surface area contributed by atoms with Gasteiger partial charge in [-0.1, -0.05) is 0 Å². The van der Waals surface area contributed by atoms with Crippen molar-refractivity contribution in [2.45, 2.75) is 0 Å². The zero-order chi connectivity index (χ0) is 4.00. The molecule has 0 radical (unpaired) electrons. The predicted molar refractivity (Wildman–Crippen MR) is 11.8 cm³/mol. The van der Waals surface area contributed by atoms with Crippen molar-refractivity contribution in [1.29, 1.82) is 0 Å². The summed E-state index contributed by atoms with van der Waals surface area (Å²) in [6, 6.07) is 0. The third kappa shape index (κ3) is 79.9. The molecule has 0 rings (SSSR count). The molecule has 3 heteroatoms. The summed E-state index contributed by atoms with van der Waals surface area (Å²) in [5.41, 5.74) is 0. The number of hydrogen-bond donors (Lipinski definition) is 0. The molecule has 0 spiro atoms. The Morgan fingerprint density at radius 2 is 0.800 bits per heavy atom. The molecule has 0 aliphatic carbocycles. The molecule has 0 amide bonds. The van der Waals surface area contributed by atoms with Crippen LogP contribution in [0.2, 0.25) is 0 Å². The summed E-state index contributed by atoms with van der Waals surface area (Å²) >= 11 is 0. The maximum Gasteiger partial charge on any atom is 2.00 e. The summed E-state index contributed by atoms with van der Waals surface area (Å²) in [6.07, 6.45) is 0. The molecule has 0 saturated heterocycles. The molecule has 0 aliphatic rings. The molecule has 0 saturated carbocycles. The van der Waals surface area contributed by atoms with Gasteiger partial charge >= 0.3 is 21.7 Å². The van der Waals surface area contributed by atoms with Gasteiger partial charge in [-0.25, -0.2) is 0 Å². The second kappa shape index (κ2) is 152. The van der Waals surface area contributed by atoms with Crippen molar-refractivity contribution in [3.8, 4) is 0 Å². The first kappa shape index (κ1) is 17.4. The van der Waals surface area contributed by atoms with Crippen molar-refractivity contribution in [3.05, 3.63) is 0 Å². The van der Waals surface area contributed by atoms with E-state index < -0.39 is 0 Å². The average Bonchev–Trinajstić information content (AvgIpc) is 1.50. The minimum absolute atomic E-state index is 0. The van der Waals surface area contributed by atoms with Gasteiger partial charge in [0.2, 0.25) is 0 Å². The topological polar surface area (TPSA) is 46.1 Å². The summed E-state index contributed by atoms with van der Waals surface area (Å²) in [6.45, 7) is 0. The van der Waals surface area contributed by atoms with Gasteiger partial charge in [0.25, 0.3) is 0 Å². The van der Waals surface area contributed by atoms with Crippen LogP contribution in [0.4, 0.5) is 0 Å². The van der Waals surface area contributed by atoms with Crippen molar-refractivity contribution in [2.75, 3.05) is 14.2 Å². The van der Waals surface area contributed by atoms with Gasteiger partial charge in [0.1, 0.15) is 0 Å². The molecule has 0 aromatic heterocycles. The molecule has 0 aliphatic heterocycles. The first-order chi connectivity index (χ1) is 2.00. The summed E-state index contributed by atoms with van der Waals surface area (Å²) in [5.74, 6) is 0. The average molecular weight is 110 g/mol. The van der Waals surface area contributed by atoms with E-state index in [0.717, 1.165) is 14.2 Å². The van der Waals surface area contributed by atoms with Crippen LogP contribution in [0.15, 0.2) is 0 Å². The SMILES string of the molecule is C[O-].C[O-].[Ti+2]. The van der Waals surface area contributed by atoms with Crippen molar-refractivity contribution in [3.63, 3.8) is 0 Å². The normalized spacial score (nSPS) is 2.40. The minimum atomic E-state index is 0. The van der Waals surface area contributed by atoms with Gasteiger partial charge < -0.3 is 10.2 Å². The number of hydrogen-bond acceptors (Lipinski definition) is 2. The van der Waals surface area contributed by atoms with E-state index in [1.54, 1.807) is 0 Å². The first-order valence-corrected chi connectivity index (χ1v) is 0.816. The van der Waals surface area contributed by atoms with Gasteiger partial charge in [-0.15, -0.1) is 0 Å². The summed E-state index contributed by atoms with van der Waals surface area (Å²) in [7, 11) is 1.50. The molecule has 0 aromatic rings. The fourth-order valence-electron chi connectivity index (χ4n) is 0. The Bertz CT molecular complexity index is 7.61. The first-order valence-electron chi connectivity index (χ1n) is 0.816. The Labute approximate surface area is 46.7 Å². The largest absolute Gasteiger partial charge is 2.00 e. The van der Waals surface area contributed by atoms with E-state index in [1.807, 2.05) is 0 Å². The zero-order valence-corrected chi connectivity index (χ0v) is 4.88. The maximum atomic E-state index is 8.25. The van der Waals surface area contributed by atoms with Crippen LogP contribution in [-0.2, 0) is 21.7 Å². The van der Waals surface area contributed by atoms with Gasteiger partial charge in [0, 0.05) is 0 Å². The molecule has 30 valence electrons. The molecule has 0 fully saturated rings. The molecular formula is C2H6O2Ti. The van der Waals surface area contributed by atoms with Crippen molar-refractivity contribution in [1.82, 2.24) is 0 Å². The molecule has 0 bridgehead atoms. The third-order valence-electron chi connectivity index (χ3n) is 0. The van der Waals surface area contributed by atoms with Crippen LogP contribution in [0.25, 0.3) is 0 Å². The Hall–Kier alpha value is 0.634. The second-order valence-electron chi connectivity index (χ2n) is 0.